The van der Waals surface area contributed by atoms with E-state index in [1.54, 1.807) is 54.6 Å². The monoisotopic (exact) mass is 488 g/mol. The normalized spacial score (nSPS) is 11.9. The third kappa shape index (κ3) is 4.15. The van der Waals surface area contributed by atoms with Gasteiger partial charge in [0.15, 0.2) is 23.0 Å². The lowest BCUT2D eigenvalue weighted by Crippen LogP contribution is -2.23. The first-order valence-electron chi connectivity index (χ1n) is 11.3. The molecule has 1 aliphatic heterocycles. The van der Waals surface area contributed by atoms with Gasteiger partial charge in [-0.3, -0.25) is 14.2 Å². The first-order chi connectivity index (χ1) is 17.5. The van der Waals surface area contributed by atoms with Crippen molar-refractivity contribution in [2.45, 2.75) is 6.92 Å². The summed E-state index contributed by atoms with van der Waals surface area (Å²) in [5, 5.41) is 3.62. The molecule has 9 heteroatoms. The van der Waals surface area contributed by atoms with Crippen molar-refractivity contribution in [1.82, 2.24) is 4.57 Å². The molecule has 5 rings (SSSR count). The van der Waals surface area contributed by atoms with Crippen LogP contribution in [0.5, 0.6) is 28.7 Å². The summed E-state index contributed by atoms with van der Waals surface area (Å²) in [4.78, 5) is 27.1. The molecule has 9 nitrogen and oxygen atoms in total. The van der Waals surface area contributed by atoms with Crippen LogP contribution in [0.2, 0.25) is 0 Å². The standard InChI is InChI=1S/C27H24N2O7/c1-4-34-18-8-6-17(7-9-18)29-14-21(19-12-23(32-2)24(33-3)13-20(19)27(29)31)26(30)28-16-5-10-22-25(11-16)36-15-35-22/h5-14H,4,15H2,1-3H3,(H,28,30). The number of hydrogen-bond donors (Lipinski definition) is 1. The van der Waals surface area contributed by atoms with E-state index in [2.05, 4.69) is 5.32 Å². The van der Waals surface area contributed by atoms with Gasteiger partial charge in [-0.2, -0.15) is 0 Å². The van der Waals surface area contributed by atoms with Crippen molar-refractivity contribution in [2.75, 3.05) is 32.9 Å². The van der Waals surface area contributed by atoms with E-state index in [-0.39, 0.29) is 17.9 Å². The summed E-state index contributed by atoms with van der Waals surface area (Å²) in [5.41, 5.74) is 1.07. The van der Waals surface area contributed by atoms with E-state index in [1.807, 2.05) is 6.92 Å². The zero-order valence-electron chi connectivity index (χ0n) is 20.0. The Morgan fingerprint density at radius 3 is 2.33 bits per heavy atom. The van der Waals surface area contributed by atoms with E-state index in [9.17, 15) is 9.59 Å². The highest BCUT2D eigenvalue weighted by Crippen LogP contribution is 2.35. The molecule has 0 fully saturated rings. The first-order valence-corrected chi connectivity index (χ1v) is 11.3. The van der Waals surface area contributed by atoms with E-state index >= 15 is 0 Å². The number of nitrogens with zero attached hydrogens (tertiary/aromatic N) is 1. The van der Waals surface area contributed by atoms with Crippen LogP contribution >= 0.6 is 0 Å². The average molecular weight is 488 g/mol. The largest absolute Gasteiger partial charge is 0.494 e. The Hall–Kier alpha value is -4.66. The molecule has 36 heavy (non-hydrogen) atoms. The van der Waals surface area contributed by atoms with Crippen LogP contribution in [0.1, 0.15) is 17.3 Å². The fourth-order valence-corrected chi connectivity index (χ4v) is 4.08. The number of anilines is 1. The molecule has 0 unspecified atom stereocenters. The summed E-state index contributed by atoms with van der Waals surface area (Å²) in [5.74, 6) is 2.21. The van der Waals surface area contributed by atoms with Gasteiger partial charge in [-0.05, 0) is 55.5 Å². The van der Waals surface area contributed by atoms with Gasteiger partial charge in [0.2, 0.25) is 6.79 Å². The molecule has 1 amide bonds. The lowest BCUT2D eigenvalue weighted by Gasteiger charge is -2.15. The van der Waals surface area contributed by atoms with Gasteiger partial charge in [0, 0.05) is 29.0 Å². The van der Waals surface area contributed by atoms with Crippen molar-refractivity contribution >= 4 is 22.4 Å². The molecule has 1 N–H and O–H groups in total. The molecule has 3 aromatic carbocycles. The molecule has 184 valence electrons. The van der Waals surface area contributed by atoms with E-state index in [4.69, 9.17) is 23.7 Å². The molecule has 4 aromatic rings. The number of methoxy groups -OCH3 is 2. The minimum atomic E-state index is -0.411. The second-order valence-electron chi connectivity index (χ2n) is 7.92. The fourth-order valence-electron chi connectivity index (χ4n) is 4.08. The number of fused-ring (bicyclic) bond motifs is 2. The van der Waals surface area contributed by atoms with Crippen LogP contribution in [0.3, 0.4) is 0 Å². The van der Waals surface area contributed by atoms with E-state index < -0.39 is 5.91 Å². The Morgan fingerprint density at radius 1 is 0.944 bits per heavy atom. The Labute approximate surface area is 206 Å². The zero-order valence-corrected chi connectivity index (χ0v) is 20.0. The smallest absolute Gasteiger partial charge is 0.263 e. The van der Waals surface area contributed by atoms with Crippen molar-refractivity contribution in [3.8, 4) is 34.4 Å². The Morgan fingerprint density at radius 2 is 1.64 bits per heavy atom. The number of carbonyl (C=O) groups excluding carboxylic acids is 1. The average Bonchev–Trinajstić information content (AvgIpc) is 3.37. The van der Waals surface area contributed by atoms with E-state index in [0.29, 0.717) is 57.5 Å². The van der Waals surface area contributed by atoms with Gasteiger partial charge in [0.1, 0.15) is 5.75 Å². The molecule has 0 spiro atoms. The number of nitrogens with one attached hydrogen (secondary N) is 1. The predicted octanol–water partition coefficient (Wildman–Crippen LogP) is 4.39. The highest BCUT2D eigenvalue weighted by atomic mass is 16.7. The number of pyridine rings is 1. The van der Waals surface area contributed by atoms with Gasteiger partial charge in [-0.1, -0.05) is 0 Å². The van der Waals surface area contributed by atoms with Crippen molar-refractivity contribution in [1.29, 1.82) is 0 Å². The van der Waals surface area contributed by atoms with Crippen LogP contribution in [0.4, 0.5) is 5.69 Å². The molecular formula is C27H24N2O7. The predicted molar refractivity (Wildman–Crippen MR) is 134 cm³/mol. The lowest BCUT2D eigenvalue weighted by molar-refractivity contribution is 0.102. The van der Waals surface area contributed by atoms with Gasteiger partial charge >= 0.3 is 0 Å². The number of hydrogen-bond acceptors (Lipinski definition) is 7. The SMILES string of the molecule is CCOc1ccc(-n2cc(C(=O)Nc3ccc4c(c3)OCO4)c3cc(OC)c(OC)cc3c2=O)cc1. The summed E-state index contributed by atoms with van der Waals surface area (Å²) in [6.45, 7) is 2.56. The maximum Gasteiger partial charge on any atom is 0.263 e. The van der Waals surface area contributed by atoms with Crippen molar-refractivity contribution in [3.05, 3.63) is 76.7 Å². The number of ether oxygens (including phenoxy) is 5. The molecule has 0 aliphatic carbocycles. The molecule has 0 saturated carbocycles. The summed E-state index contributed by atoms with van der Waals surface area (Å²) < 4.78 is 28.5. The summed E-state index contributed by atoms with van der Waals surface area (Å²) >= 11 is 0. The molecule has 2 heterocycles. The van der Waals surface area contributed by atoms with Crippen LogP contribution in [-0.2, 0) is 0 Å². The summed E-state index contributed by atoms with van der Waals surface area (Å²) in [6, 6.07) is 15.4. The number of carbonyl (C=O) groups is 1. The molecule has 0 radical (unpaired) electrons. The van der Waals surface area contributed by atoms with Gasteiger partial charge in [0.05, 0.1) is 31.8 Å². The third-order valence-electron chi connectivity index (χ3n) is 5.82. The summed E-state index contributed by atoms with van der Waals surface area (Å²) in [7, 11) is 2.99. The number of amides is 1. The number of benzene rings is 3. The van der Waals surface area contributed by atoms with Crippen LogP contribution < -0.4 is 34.6 Å². The molecule has 1 aromatic heterocycles. The van der Waals surface area contributed by atoms with Gasteiger partial charge in [0.25, 0.3) is 11.5 Å². The first kappa shape index (κ1) is 23.1. The number of rotatable bonds is 7. The maximum absolute atomic E-state index is 13.5. The molecule has 0 atom stereocenters. The third-order valence-corrected chi connectivity index (χ3v) is 5.82. The second-order valence-corrected chi connectivity index (χ2v) is 7.92. The van der Waals surface area contributed by atoms with E-state index in [0.717, 1.165) is 0 Å². The zero-order chi connectivity index (χ0) is 25.2. The lowest BCUT2D eigenvalue weighted by atomic mass is 10.0. The van der Waals surface area contributed by atoms with Crippen molar-refractivity contribution in [2.24, 2.45) is 0 Å². The highest BCUT2D eigenvalue weighted by molar-refractivity contribution is 6.13. The quantitative estimate of drug-likeness (QED) is 0.412. The van der Waals surface area contributed by atoms with E-state index in [1.165, 1.54) is 25.0 Å². The van der Waals surface area contributed by atoms with Crippen LogP contribution in [0.25, 0.3) is 16.5 Å². The fraction of sp³-hybridized carbons (Fsp3) is 0.185. The Bertz CT molecular complexity index is 1510. The second kappa shape index (κ2) is 9.53. The molecule has 0 saturated heterocycles. The minimum Gasteiger partial charge on any atom is -0.494 e. The van der Waals surface area contributed by atoms with Gasteiger partial charge < -0.3 is 29.0 Å². The van der Waals surface area contributed by atoms with Crippen molar-refractivity contribution < 1.29 is 28.5 Å². The van der Waals surface area contributed by atoms with Crippen molar-refractivity contribution in [3.63, 3.8) is 0 Å². The van der Waals surface area contributed by atoms with Crippen LogP contribution in [0, 0.1) is 0 Å². The number of aromatic nitrogens is 1. The minimum absolute atomic E-state index is 0.131. The summed E-state index contributed by atoms with van der Waals surface area (Å²) in [6.07, 6.45) is 1.52. The topological polar surface area (TPSA) is 97.2 Å². The molecule has 1 aliphatic rings. The molecule has 0 bridgehead atoms. The van der Waals surface area contributed by atoms with Gasteiger partial charge in [-0.15, -0.1) is 0 Å². The van der Waals surface area contributed by atoms with Crippen LogP contribution in [-0.4, -0.2) is 38.1 Å². The maximum atomic E-state index is 13.5. The van der Waals surface area contributed by atoms with Gasteiger partial charge in [-0.25, -0.2) is 0 Å². The Balaban J connectivity index is 1.65. The van der Waals surface area contributed by atoms with Crippen LogP contribution in [0.15, 0.2) is 65.6 Å². The highest BCUT2D eigenvalue weighted by Gasteiger charge is 2.20. The Kier molecular flexibility index (Phi) is 6.12. The molecular weight excluding hydrogens is 464 g/mol.